The highest BCUT2D eigenvalue weighted by Gasteiger charge is 2.35. The first-order chi connectivity index (χ1) is 4.48. The Morgan fingerprint density at radius 3 is 2.30 bits per heavy atom. The normalized spacial score (nSPS) is 14.8. The van der Waals surface area contributed by atoms with Gasteiger partial charge in [0, 0.05) is 0 Å². The van der Waals surface area contributed by atoms with Crippen LogP contribution in [0.3, 0.4) is 0 Å². The van der Waals surface area contributed by atoms with Crippen LogP contribution >= 0.6 is 0 Å². The van der Waals surface area contributed by atoms with Gasteiger partial charge in [-0.25, -0.2) is 0 Å². The first-order valence-electron chi connectivity index (χ1n) is 2.91. The Hall–Kier alpha value is -0.510. The van der Waals surface area contributed by atoms with E-state index in [1.165, 1.54) is 6.08 Å². The van der Waals surface area contributed by atoms with Gasteiger partial charge in [0.1, 0.15) is 6.04 Å². The Balaban J connectivity index is 3.61. The molecule has 0 aliphatic carbocycles. The minimum atomic E-state index is -4.26. The number of halogens is 3. The third-order valence-corrected chi connectivity index (χ3v) is 1.10. The fraction of sp³-hybridized carbons (Fsp3) is 0.667. The third-order valence-electron chi connectivity index (χ3n) is 1.10. The minimum absolute atomic E-state index is 0.0764. The van der Waals surface area contributed by atoms with E-state index in [1.54, 1.807) is 0 Å². The van der Waals surface area contributed by atoms with E-state index in [4.69, 9.17) is 5.73 Å². The predicted molar refractivity (Wildman–Crippen MR) is 33.5 cm³/mol. The van der Waals surface area contributed by atoms with E-state index in [2.05, 4.69) is 6.58 Å². The van der Waals surface area contributed by atoms with Crippen molar-refractivity contribution in [2.75, 3.05) is 0 Å². The van der Waals surface area contributed by atoms with Crippen molar-refractivity contribution < 1.29 is 13.2 Å². The molecule has 60 valence electrons. The average Bonchev–Trinajstić information content (AvgIpc) is 1.80. The summed E-state index contributed by atoms with van der Waals surface area (Å²) < 4.78 is 34.8. The number of hydrogen-bond acceptors (Lipinski definition) is 1. The van der Waals surface area contributed by atoms with E-state index in [9.17, 15) is 13.2 Å². The number of allylic oxidation sites excluding steroid dienone is 1. The van der Waals surface area contributed by atoms with Crippen LogP contribution in [0, 0.1) is 0 Å². The molecule has 4 heteroatoms. The van der Waals surface area contributed by atoms with Gasteiger partial charge in [-0.2, -0.15) is 13.2 Å². The maximum absolute atomic E-state index is 11.6. The van der Waals surface area contributed by atoms with Crippen LogP contribution in [0.1, 0.15) is 12.8 Å². The zero-order chi connectivity index (χ0) is 8.20. The van der Waals surface area contributed by atoms with Crippen molar-refractivity contribution >= 4 is 0 Å². The molecule has 0 aliphatic rings. The molecule has 10 heavy (non-hydrogen) atoms. The van der Waals surface area contributed by atoms with Gasteiger partial charge in [-0.05, 0) is 12.8 Å². The van der Waals surface area contributed by atoms with Crippen LogP contribution in [0.5, 0.6) is 0 Å². The van der Waals surface area contributed by atoms with Crippen molar-refractivity contribution in [2.24, 2.45) is 5.73 Å². The summed E-state index contributed by atoms with van der Waals surface area (Å²) in [6, 6.07) is -1.70. The lowest BCUT2D eigenvalue weighted by molar-refractivity contribution is -0.148. The van der Waals surface area contributed by atoms with Gasteiger partial charge >= 0.3 is 6.18 Å². The Labute approximate surface area is 57.7 Å². The standard InChI is InChI=1S/C6H10F3N/c1-2-3-4-5(10)6(7,8)9/h2,5H,1,3-4,10H2/t5-/m1/s1. The van der Waals surface area contributed by atoms with Crippen molar-refractivity contribution in [1.82, 2.24) is 0 Å². The fourth-order valence-corrected chi connectivity index (χ4v) is 0.461. The lowest BCUT2D eigenvalue weighted by atomic mass is 10.1. The van der Waals surface area contributed by atoms with Gasteiger partial charge in [0.05, 0.1) is 0 Å². The average molecular weight is 153 g/mol. The van der Waals surface area contributed by atoms with Gasteiger partial charge in [-0.1, -0.05) is 6.08 Å². The molecule has 0 rings (SSSR count). The van der Waals surface area contributed by atoms with Crippen molar-refractivity contribution in [3.63, 3.8) is 0 Å². The van der Waals surface area contributed by atoms with Gasteiger partial charge in [-0.15, -0.1) is 6.58 Å². The Morgan fingerprint density at radius 1 is 1.50 bits per heavy atom. The summed E-state index contributed by atoms with van der Waals surface area (Å²) in [5, 5.41) is 0. The van der Waals surface area contributed by atoms with E-state index in [0.29, 0.717) is 6.42 Å². The Bertz CT molecular complexity index is 108. The molecule has 0 amide bonds. The van der Waals surface area contributed by atoms with Crippen LogP contribution < -0.4 is 5.73 Å². The summed E-state index contributed by atoms with van der Waals surface area (Å²) in [7, 11) is 0. The molecule has 0 aromatic carbocycles. The molecule has 0 heterocycles. The third kappa shape index (κ3) is 3.50. The summed E-state index contributed by atoms with van der Waals surface area (Å²) in [6.45, 7) is 3.29. The second-order valence-corrected chi connectivity index (χ2v) is 2.01. The zero-order valence-corrected chi connectivity index (χ0v) is 5.49. The van der Waals surface area contributed by atoms with Gasteiger partial charge in [0.15, 0.2) is 0 Å². The Kier molecular flexibility index (Phi) is 3.42. The molecule has 0 saturated heterocycles. The van der Waals surface area contributed by atoms with E-state index >= 15 is 0 Å². The lowest BCUT2D eigenvalue weighted by Crippen LogP contribution is -2.36. The maximum atomic E-state index is 11.6. The molecule has 0 bridgehead atoms. The number of alkyl halides is 3. The molecule has 0 radical (unpaired) electrons. The molecule has 0 aromatic heterocycles. The maximum Gasteiger partial charge on any atom is 0.403 e. The molecular formula is C6H10F3N. The van der Waals surface area contributed by atoms with Crippen molar-refractivity contribution in [3.8, 4) is 0 Å². The molecule has 0 unspecified atom stereocenters. The molecule has 1 nitrogen and oxygen atoms in total. The van der Waals surface area contributed by atoms with Crippen LogP contribution in [-0.2, 0) is 0 Å². The fourth-order valence-electron chi connectivity index (χ4n) is 0.461. The molecule has 0 fully saturated rings. The van der Waals surface area contributed by atoms with E-state index in [1.807, 2.05) is 0 Å². The summed E-state index contributed by atoms with van der Waals surface area (Å²) >= 11 is 0. The first-order valence-corrected chi connectivity index (χ1v) is 2.91. The highest BCUT2D eigenvalue weighted by molar-refractivity contribution is 4.75. The number of nitrogens with two attached hydrogens (primary N) is 1. The molecule has 0 aromatic rings. The van der Waals surface area contributed by atoms with Crippen LogP contribution in [0.2, 0.25) is 0 Å². The first kappa shape index (κ1) is 9.49. The second kappa shape index (κ2) is 3.61. The summed E-state index contributed by atoms with van der Waals surface area (Å²) in [5.74, 6) is 0. The van der Waals surface area contributed by atoms with Crippen molar-refractivity contribution in [1.29, 1.82) is 0 Å². The van der Waals surface area contributed by atoms with Crippen molar-refractivity contribution in [3.05, 3.63) is 12.7 Å². The van der Waals surface area contributed by atoms with Gasteiger partial charge < -0.3 is 5.73 Å². The van der Waals surface area contributed by atoms with Crippen LogP contribution in [0.15, 0.2) is 12.7 Å². The lowest BCUT2D eigenvalue weighted by Gasteiger charge is -2.13. The van der Waals surface area contributed by atoms with Crippen molar-refractivity contribution in [2.45, 2.75) is 25.1 Å². The quantitative estimate of drug-likeness (QED) is 0.615. The highest BCUT2D eigenvalue weighted by atomic mass is 19.4. The molecular weight excluding hydrogens is 143 g/mol. The van der Waals surface area contributed by atoms with Crippen LogP contribution in [-0.4, -0.2) is 12.2 Å². The second-order valence-electron chi connectivity index (χ2n) is 2.01. The predicted octanol–water partition coefficient (Wildman–Crippen LogP) is 1.84. The molecule has 0 aliphatic heterocycles. The van der Waals surface area contributed by atoms with Gasteiger partial charge in [-0.3, -0.25) is 0 Å². The van der Waals surface area contributed by atoms with E-state index in [-0.39, 0.29) is 6.42 Å². The minimum Gasteiger partial charge on any atom is -0.320 e. The molecule has 2 N–H and O–H groups in total. The summed E-state index contributed by atoms with van der Waals surface area (Å²) in [5.41, 5.74) is 4.76. The largest absolute Gasteiger partial charge is 0.403 e. The summed E-state index contributed by atoms with van der Waals surface area (Å²) in [6.07, 6.45) is -2.61. The monoisotopic (exact) mass is 153 g/mol. The smallest absolute Gasteiger partial charge is 0.320 e. The Morgan fingerprint density at radius 2 is 2.00 bits per heavy atom. The topological polar surface area (TPSA) is 26.0 Å². The van der Waals surface area contributed by atoms with Crippen LogP contribution in [0.25, 0.3) is 0 Å². The van der Waals surface area contributed by atoms with Gasteiger partial charge in [0.25, 0.3) is 0 Å². The molecule has 0 saturated carbocycles. The zero-order valence-electron chi connectivity index (χ0n) is 5.49. The van der Waals surface area contributed by atoms with E-state index < -0.39 is 12.2 Å². The highest BCUT2D eigenvalue weighted by Crippen LogP contribution is 2.21. The number of hydrogen-bond donors (Lipinski definition) is 1. The summed E-state index contributed by atoms with van der Waals surface area (Å²) in [4.78, 5) is 0. The number of rotatable bonds is 3. The van der Waals surface area contributed by atoms with Crippen LogP contribution in [0.4, 0.5) is 13.2 Å². The molecule has 1 atom stereocenters. The SMILES string of the molecule is C=CCC[C@@H](N)C(F)(F)F. The van der Waals surface area contributed by atoms with E-state index in [0.717, 1.165) is 0 Å². The van der Waals surface area contributed by atoms with Gasteiger partial charge in [0.2, 0.25) is 0 Å². The molecule has 0 spiro atoms.